The predicted octanol–water partition coefficient (Wildman–Crippen LogP) is 6.57. The van der Waals surface area contributed by atoms with E-state index in [0.717, 1.165) is 63.6 Å². The molecule has 214 valence electrons. The Balaban J connectivity index is 1.21. The highest BCUT2D eigenvalue weighted by molar-refractivity contribution is 5.72. The third-order valence-corrected chi connectivity index (χ3v) is 10.9. The van der Waals surface area contributed by atoms with Crippen LogP contribution in [0, 0.1) is 5.92 Å². The average Bonchev–Trinajstić information content (AvgIpc) is 3.49. The number of hydrogen-bond donors (Lipinski definition) is 0. The van der Waals surface area contributed by atoms with Gasteiger partial charge in [-0.2, -0.15) is 0 Å². The topological polar surface area (TPSA) is 35.5 Å². The molecule has 3 fully saturated rings. The maximum absolute atomic E-state index is 5.42. The molecule has 7 rings (SSSR count). The number of aryl methyl sites for hydroxylation is 3. The molecule has 5 nitrogen and oxygen atoms in total. The maximum Gasteiger partial charge on any atom is 0.135 e. The van der Waals surface area contributed by atoms with Crippen molar-refractivity contribution in [2.75, 3.05) is 37.6 Å². The van der Waals surface area contributed by atoms with Crippen molar-refractivity contribution in [2.45, 2.75) is 109 Å². The summed E-state index contributed by atoms with van der Waals surface area (Å²) < 4.78 is 0. The van der Waals surface area contributed by atoms with Crippen LogP contribution in [0.4, 0.5) is 5.82 Å². The fraction of sp³-hybridized carbons (Fsp3) is 0.657. The average molecular weight is 540 g/mol. The summed E-state index contributed by atoms with van der Waals surface area (Å²) in [5.74, 6) is 3.12. The van der Waals surface area contributed by atoms with Crippen molar-refractivity contribution in [3.8, 4) is 0 Å². The minimum atomic E-state index is 0.426. The van der Waals surface area contributed by atoms with Crippen molar-refractivity contribution >= 4 is 11.5 Å². The van der Waals surface area contributed by atoms with Gasteiger partial charge in [-0.25, -0.2) is 9.97 Å². The first-order chi connectivity index (χ1) is 19.6. The lowest BCUT2D eigenvalue weighted by Crippen LogP contribution is -2.39. The van der Waals surface area contributed by atoms with E-state index in [0.29, 0.717) is 5.54 Å². The van der Waals surface area contributed by atoms with Crippen molar-refractivity contribution in [1.29, 1.82) is 0 Å². The molecule has 5 heteroatoms. The zero-order valence-corrected chi connectivity index (χ0v) is 25.1. The molecular weight excluding hydrogens is 490 g/mol. The van der Waals surface area contributed by atoms with Gasteiger partial charge in [-0.05, 0) is 101 Å². The standard InChI is InChI=1S/C35H49N5/c1-3-27-11-6-12-28-13-7-14-31(33(27)28)38-23-16-29-30(25-38)36-32(15-19-35-17-8-21-40(35)22-9-18-35)37-34(29)39-20-5-4-10-26(2)24-39/h6,11-12,14,26H,3-5,7-10,13,15-25H2,1-2H3. The Kier molecular flexibility index (Phi) is 7.36. The lowest BCUT2D eigenvalue weighted by molar-refractivity contribution is 0.181. The van der Waals surface area contributed by atoms with Crippen LogP contribution in [0.3, 0.4) is 0 Å². The lowest BCUT2D eigenvalue weighted by Gasteiger charge is -2.37. The Hall–Kier alpha value is -2.40. The molecule has 2 aromatic rings. The van der Waals surface area contributed by atoms with Gasteiger partial charge < -0.3 is 9.80 Å². The van der Waals surface area contributed by atoms with Crippen LogP contribution in [0.2, 0.25) is 0 Å². The number of allylic oxidation sites excluding steroid dienone is 1. The van der Waals surface area contributed by atoms with Crippen LogP contribution < -0.4 is 4.90 Å². The largest absolute Gasteiger partial charge is 0.365 e. The first-order valence-electron chi connectivity index (χ1n) is 16.6. The molecule has 0 N–H and O–H groups in total. The number of anilines is 1. The van der Waals surface area contributed by atoms with Crippen molar-refractivity contribution in [2.24, 2.45) is 5.92 Å². The third-order valence-electron chi connectivity index (χ3n) is 10.9. The molecule has 3 saturated heterocycles. The quantitative estimate of drug-likeness (QED) is 0.415. The van der Waals surface area contributed by atoms with Crippen molar-refractivity contribution in [3.05, 3.63) is 58.0 Å². The van der Waals surface area contributed by atoms with Crippen molar-refractivity contribution in [3.63, 3.8) is 0 Å². The van der Waals surface area contributed by atoms with Gasteiger partial charge in [0.15, 0.2) is 0 Å². The Morgan fingerprint density at radius 2 is 1.82 bits per heavy atom. The van der Waals surface area contributed by atoms with E-state index in [1.165, 1.54) is 110 Å². The molecule has 0 spiro atoms. The highest BCUT2D eigenvalue weighted by atomic mass is 15.2. The first-order valence-corrected chi connectivity index (χ1v) is 16.6. The zero-order valence-electron chi connectivity index (χ0n) is 25.1. The van der Waals surface area contributed by atoms with E-state index in [1.54, 1.807) is 0 Å². The zero-order chi connectivity index (χ0) is 27.1. The smallest absolute Gasteiger partial charge is 0.135 e. The number of aromatic nitrogens is 2. The predicted molar refractivity (Wildman–Crippen MR) is 165 cm³/mol. The fourth-order valence-electron chi connectivity index (χ4n) is 8.80. The van der Waals surface area contributed by atoms with Gasteiger partial charge in [0, 0.05) is 48.4 Å². The van der Waals surface area contributed by atoms with Gasteiger partial charge in [-0.1, -0.05) is 44.5 Å². The summed E-state index contributed by atoms with van der Waals surface area (Å²) in [5, 5.41) is 0. The number of nitrogens with zero attached hydrogens (tertiary/aromatic N) is 5. The van der Waals surface area contributed by atoms with E-state index < -0.39 is 0 Å². The Morgan fingerprint density at radius 3 is 2.67 bits per heavy atom. The Labute approximate surface area is 242 Å². The van der Waals surface area contributed by atoms with Crippen LogP contribution >= 0.6 is 0 Å². The molecule has 5 aliphatic rings. The second-order valence-electron chi connectivity index (χ2n) is 13.5. The SMILES string of the molecule is CCc1cccc2c1C(N1CCc3c(nc(CCC45CCCN4CCC5)nc3N3CCCCC(C)C3)C1)=CCC2. The summed E-state index contributed by atoms with van der Waals surface area (Å²) in [4.78, 5) is 18.9. The van der Waals surface area contributed by atoms with Crippen LogP contribution in [0.5, 0.6) is 0 Å². The monoisotopic (exact) mass is 539 g/mol. The normalized spacial score (nSPS) is 24.4. The summed E-state index contributed by atoms with van der Waals surface area (Å²) in [7, 11) is 0. The second-order valence-corrected chi connectivity index (χ2v) is 13.5. The van der Waals surface area contributed by atoms with Crippen LogP contribution in [-0.2, 0) is 32.2 Å². The summed E-state index contributed by atoms with van der Waals surface area (Å²) >= 11 is 0. The summed E-state index contributed by atoms with van der Waals surface area (Å²) in [6.45, 7) is 11.6. The summed E-state index contributed by atoms with van der Waals surface area (Å²) in [6.07, 6.45) is 18.7. The second kappa shape index (κ2) is 11.1. The van der Waals surface area contributed by atoms with Gasteiger partial charge in [0.05, 0.1) is 12.2 Å². The number of rotatable bonds is 6. The van der Waals surface area contributed by atoms with Gasteiger partial charge in [-0.15, -0.1) is 0 Å². The van der Waals surface area contributed by atoms with Gasteiger partial charge in [0.2, 0.25) is 0 Å². The molecule has 40 heavy (non-hydrogen) atoms. The number of fused-ring (bicyclic) bond motifs is 3. The van der Waals surface area contributed by atoms with Gasteiger partial charge >= 0.3 is 0 Å². The van der Waals surface area contributed by atoms with Gasteiger partial charge in [-0.3, -0.25) is 4.90 Å². The maximum atomic E-state index is 5.42. The van der Waals surface area contributed by atoms with E-state index in [2.05, 4.69) is 52.8 Å². The molecule has 0 radical (unpaired) electrons. The molecule has 1 atom stereocenters. The first kappa shape index (κ1) is 26.5. The molecule has 0 amide bonds. The molecule has 4 aliphatic heterocycles. The van der Waals surface area contributed by atoms with Crippen LogP contribution in [-0.4, -0.2) is 58.0 Å². The molecular formula is C35H49N5. The van der Waals surface area contributed by atoms with Crippen molar-refractivity contribution in [1.82, 2.24) is 19.8 Å². The Bertz CT molecular complexity index is 1250. The van der Waals surface area contributed by atoms with E-state index in [-0.39, 0.29) is 0 Å². The molecule has 1 aromatic carbocycles. The van der Waals surface area contributed by atoms with Crippen molar-refractivity contribution < 1.29 is 0 Å². The lowest BCUT2D eigenvalue weighted by atomic mass is 9.88. The highest BCUT2D eigenvalue weighted by Crippen LogP contribution is 2.42. The summed E-state index contributed by atoms with van der Waals surface area (Å²) in [5.41, 5.74) is 9.16. The van der Waals surface area contributed by atoms with Crippen LogP contribution in [0.1, 0.15) is 105 Å². The molecule has 1 aromatic heterocycles. The van der Waals surface area contributed by atoms with E-state index in [4.69, 9.17) is 9.97 Å². The number of benzene rings is 1. The highest BCUT2D eigenvalue weighted by Gasteiger charge is 2.43. The summed E-state index contributed by atoms with van der Waals surface area (Å²) in [6, 6.07) is 6.95. The minimum absolute atomic E-state index is 0.426. The van der Waals surface area contributed by atoms with Gasteiger partial charge in [0.25, 0.3) is 0 Å². The van der Waals surface area contributed by atoms with E-state index in [1.807, 2.05) is 0 Å². The van der Waals surface area contributed by atoms with E-state index >= 15 is 0 Å². The minimum Gasteiger partial charge on any atom is -0.365 e. The molecule has 5 heterocycles. The van der Waals surface area contributed by atoms with E-state index in [9.17, 15) is 0 Å². The Morgan fingerprint density at radius 1 is 0.950 bits per heavy atom. The third kappa shape index (κ3) is 4.86. The number of hydrogen-bond acceptors (Lipinski definition) is 5. The molecule has 0 bridgehead atoms. The molecule has 0 saturated carbocycles. The van der Waals surface area contributed by atoms with Crippen LogP contribution in [0.25, 0.3) is 5.70 Å². The van der Waals surface area contributed by atoms with Crippen LogP contribution in [0.15, 0.2) is 24.3 Å². The molecule has 1 unspecified atom stereocenters. The van der Waals surface area contributed by atoms with Gasteiger partial charge in [0.1, 0.15) is 11.6 Å². The molecule has 1 aliphatic carbocycles. The fourth-order valence-corrected chi connectivity index (χ4v) is 8.80.